The highest BCUT2D eigenvalue weighted by Crippen LogP contribution is 2.16. The predicted octanol–water partition coefficient (Wildman–Crippen LogP) is 3.54. The normalized spacial score (nSPS) is 11.1. The van der Waals surface area contributed by atoms with Gasteiger partial charge < -0.3 is 9.47 Å². The van der Waals surface area contributed by atoms with Crippen molar-refractivity contribution in [2.45, 2.75) is 11.4 Å². The van der Waals surface area contributed by atoms with Gasteiger partial charge in [-0.2, -0.15) is 0 Å². The molecule has 3 aromatic carbocycles. The van der Waals surface area contributed by atoms with E-state index in [1.807, 2.05) is 18.2 Å². The molecule has 0 saturated carbocycles. The molecule has 30 heavy (non-hydrogen) atoms. The van der Waals surface area contributed by atoms with Crippen LogP contribution in [0.2, 0.25) is 0 Å². The molecule has 156 valence electrons. The zero-order valence-corrected chi connectivity index (χ0v) is 16.8. The summed E-state index contributed by atoms with van der Waals surface area (Å²) in [7, 11) is -3.80. The molecule has 0 bridgehead atoms. The summed E-state index contributed by atoms with van der Waals surface area (Å²) in [5.74, 6) is -1.15. The van der Waals surface area contributed by atoms with E-state index in [4.69, 9.17) is 9.47 Å². The fourth-order valence-corrected chi connectivity index (χ4v) is 3.64. The maximum Gasteiger partial charge on any atom is 0.338 e. The second kappa shape index (κ2) is 10.00. The molecule has 0 atom stereocenters. The molecule has 3 rings (SSSR count). The first-order valence-electron chi connectivity index (χ1n) is 9.14. The highest BCUT2D eigenvalue weighted by Gasteiger charge is 2.17. The number of sulfonamides is 1. The van der Waals surface area contributed by atoms with Gasteiger partial charge in [-0.15, -0.1) is 0 Å². The standard InChI is InChI=1S/C22H20FNO5S/c23-20-11-4-5-12-21(20)28-13-14-29-22(25)18-9-6-10-19(15-18)30(26,27)24-16-17-7-2-1-3-8-17/h1-12,15,24H,13-14,16H2. The lowest BCUT2D eigenvalue weighted by Gasteiger charge is -2.10. The van der Waals surface area contributed by atoms with E-state index >= 15 is 0 Å². The summed E-state index contributed by atoms with van der Waals surface area (Å²) >= 11 is 0. The van der Waals surface area contributed by atoms with Crippen LogP contribution in [0.25, 0.3) is 0 Å². The Balaban J connectivity index is 1.56. The van der Waals surface area contributed by atoms with Crippen LogP contribution in [0.3, 0.4) is 0 Å². The topological polar surface area (TPSA) is 81.7 Å². The highest BCUT2D eigenvalue weighted by atomic mass is 32.2. The lowest BCUT2D eigenvalue weighted by Crippen LogP contribution is -2.23. The average Bonchev–Trinajstić information content (AvgIpc) is 2.77. The number of halogens is 1. The largest absolute Gasteiger partial charge is 0.487 e. The van der Waals surface area contributed by atoms with Crippen molar-refractivity contribution in [2.75, 3.05) is 13.2 Å². The van der Waals surface area contributed by atoms with Crippen molar-refractivity contribution >= 4 is 16.0 Å². The van der Waals surface area contributed by atoms with E-state index in [0.29, 0.717) is 0 Å². The number of carbonyl (C=O) groups is 1. The van der Waals surface area contributed by atoms with Crippen molar-refractivity contribution in [1.29, 1.82) is 0 Å². The number of para-hydroxylation sites is 1. The minimum Gasteiger partial charge on any atom is -0.487 e. The molecule has 0 fully saturated rings. The first kappa shape index (κ1) is 21.5. The van der Waals surface area contributed by atoms with Crippen molar-refractivity contribution < 1.29 is 27.1 Å². The van der Waals surface area contributed by atoms with Gasteiger partial charge in [-0.1, -0.05) is 48.5 Å². The Morgan fingerprint density at radius 3 is 2.40 bits per heavy atom. The molecule has 0 radical (unpaired) electrons. The van der Waals surface area contributed by atoms with Gasteiger partial charge in [0.2, 0.25) is 10.0 Å². The minimum absolute atomic E-state index is 0.0384. The zero-order valence-electron chi connectivity index (χ0n) is 16.0. The third-order valence-corrected chi connectivity index (χ3v) is 5.50. The van der Waals surface area contributed by atoms with Gasteiger partial charge in [0, 0.05) is 6.54 Å². The summed E-state index contributed by atoms with van der Waals surface area (Å²) in [6, 6.07) is 20.5. The highest BCUT2D eigenvalue weighted by molar-refractivity contribution is 7.89. The quantitative estimate of drug-likeness (QED) is 0.416. The molecular formula is C22H20FNO5S. The maximum atomic E-state index is 13.5. The van der Waals surface area contributed by atoms with Gasteiger partial charge in [0.1, 0.15) is 13.2 Å². The van der Waals surface area contributed by atoms with Crippen molar-refractivity contribution in [3.05, 3.63) is 95.8 Å². The molecule has 6 nitrogen and oxygen atoms in total. The number of nitrogens with one attached hydrogen (secondary N) is 1. The summed E-state index contributed by atoms with van der Waals surface area (Å²) in [6.45, 7) is -0.0229. The minimum atomic E-state index is -3.80. The summed E-state index contributed by atoms with van der Waals surface area (Å²) in [5.41, 5.74) is 0.898. The van der Waals surface area contributed by atoms with Crippen LogP contribution >= 0.6 is 0 Å². The number of esters is 1. The molecule has 0 aliphatic heterocycles. The van der Waals surface area contributed by atoms with E-state index in [2.05, 4.69) is 4.72 Å². The van der Waals surface area contributed by atoms with Crippen molar-refractivity contribution in [2.24, 2.45) is 0 Å². The Hall–Kier alpha value is -3.23. The molecule has 8 heteroatoms. The molecule has 0 heterocycles. The van der Waals surface area contributed by atoms with Gasteiger partial charge in [-0.25, -0.2) is 22.3 Å². The predicted molar refractivity (Wildman–Crippen MR) is 109 cm³/mol. The monoisotopic (exact) mass is 429 g/mol. The van der Waals surface area contributed by atoms with Crippen LogP contribution in [0.4, 0.5) is 4.39 Å². The second-order valence-electron chi connectivity index (χ2n) is 6.25. The molecule has 0 spiro atoms. The fraction of sp³-hybridized carbons (Fsp3) is 0.136. The van der Waals surface area contributed by atoms with Gasteiger partial charge in [0.15, 0.2) is 11.6 Å². The summed E-state index contributed by atoms with van der Waals surface area (Å²) in [4.78, 5) is 12.2. The molecule has 3 aromatic rings. The van der Waals surface area contributed by atoms with Crippen LogP contribution in [0.5, 0.6) is 5.75 Å². The van der Waals surface area contributed by atoms with Gasteiger partial charge in [0.25, 0.3) is 0 Å². The van der Waals surface area contributed by atoms with Crippen molar-refractivity contribution in [1.82, 2.24) is 4.72 Å². The lowest BCUT2D eigenvalue weighted by atomic mass is 10.2. The van der Waals surface area contributed by atoms with Crippen molar-refractivity contribution in [3.8, 4) is 5.75 Å². The summed E-state index contributed by atoms with van der Waals surface area (Å²) < 4.78 is 51.3. The van der Waals surface area contributed by atoms with Crippen LogP contribution in [0.1, 0.15) is 15.9 Å². The summed E-state index contributed by atoms with van der Waals surface area (Å²) in [5, 5.41) is 0. The molecule has 0 aliphatic carbocycles. The number of hydrogen-bond donors (Lipinski definition) is 1. The number of benzene rings is 3. The number of carbonyl (C=O) groups excluding carboxylic acids is 1. The van der Waals surface area contributed by atoms with E-state index in [1.165, 1.54) is 42.5 Å². The lowest BCUT2D eigenvalue weighted by molar-refractivity contribution is 0.0448. The SMILES string of the molecule is O=C(OCCOc1ccccc1F)c1cccc(S(=O)(=O)NCc2ccccc2)c1. The van der Waals surface area contributed by atoms with Gasteiger partial charge in [0.05, 0.1) is 10.5 Å². The van der Waals surface area contributed by atoms with Gasteiger partial charge >= 0.3 is 5.97 Å². The van der Waals surface area contributed by atoms with Crippen molar-refractivity contribution in [3.63, 3.8) is 0 Å². The van der Waals surface area contributed by atoms with E-state index in [9.17, 15) is 17.6 Å². The molecule has 0 aromatic heterocycles. The van der Waals surface area contributed by atoms with Crippen LogP contribution in [-0.2, 0) is 21.3 Å². The first-order valence-corrected chi connectivity index (χ1v) is 10.6. The van der Waals surface area contributed by atoms with E-state index in [-0.39, 0.29) is 36.0 Å². The first-order chi connectivity index (χ1) is 14.5. The third-order valence-electron chi connectivity index (χ3n) is 4.10. The second-order valence-corrected chi connectivity index (χ2v) is 8.02. The Bertz CT molecular complexity index is 1100. The molecular weight excluding hydrogens is 409 g/mol. The van der Waals surface area contributed by atoms with Crippen LogP contribution in [0, 0.1) is 5.82 Å². The Morgan fingerprint density at radius 1 is 0.900 bits per heavy atom. The van der Waals surface area contributed by atoms with Gasteiger partial charge in [-0.3, -0.25) is 0 Å². The molecule has 0 saturated heterocycles. The number of rotatable bonds is 9. The molecule has 0 amide bonds. The average molecular weight is 429 g/mol. The number of ether oxygens (including phenoxy) is 2. The maximum absolute atomic E-state index is 13.5. The summed E-state index contributed by atoms with van der Waals surface area (Å²) in [6.07, 6.45) is 0. The van der Waals surface area contributed by atoms with Gasteiger partial charge in [-0.05, 0) is 35.9 Å². The van der Waals surface area contributed by atoms with Crippen LogP contribution in [0.15, 0.2) is 83.8 Å². The third kappa shape index (κ3) is 5.88. The van der Waals surface area contributed by atoms with E-state index in [0.717, 1.165) is 5.56 Å². The van der Waals surface area contributed by atoms with Crippen LogP contribution < -0.4 is 9.46 Å². The Morgan fingerprint density at radius 2 is 1.63 bits per heavy atom. The Labute approximate surface area is 174 Å². The molecule has 1 N–H and O–H groups in total. The van der Waals surface area contributed by atoms with Crippen LogP contribution in [-0.4, -0.2) is 27.6 Å². The fourth-order valence-electron chi connectivity index (χ4n) is 2.58. The van der Waals surface area contributed by atoms with E-state index in [1.54, 1.807) is 18.2 Å². The molecule has 0 unspecified atom stereocenters. The smallest absolute Gasteiger partial charge is 0.338 e. The Kier molecular flexibility index (Phi) is 7.16. The number of hydrogen-bond acceptors (Lipinski definition) is 5. The van der Waals surface area contributed by atoms with E-state index < -0.39 is 21.8 Å². The zero-order chi connectivity index (χ0) is 21.4. The molecule has 0 aliphatic rings.